The predicted octanol–water partition coefficient (Wildman–Crippen LogP) is 3.24. The predicted molar refractivity (Wildman–Crippen MR) is 75.7 cm³/mol. The number of nitrogens with two attached hydrogens (primary N) is 1. The summed E-state index contributed by atoms with van der Waals surface area (Å²) in [5, 5.41) is 0. The van der Waals surface area contributed by atoms with Crippen LogP contribution in [-0.2, 0) is 9.53 Å². The third-order valence-corrected chi connectivity index (χ3v) is 3.06. The maximum absolute atomic E-state index is 13.6. The summed E-state index contributed by atoms with van der Waals surface area (Å²) in [5.74, 6) is -2.56. The molecule has 21 heavy (non-hydrogen) atoms. The molecule has 2 rings (SSSR count). The highest BCUT2D eigenvalue weighted by molar-refractivity contribution is 5.82. The molecule has 0 aromatic heterocycles. The fourth-order valence-corrected chi connectivity index (χ4v) is 2.10. The molecule has 0 bridgehead atoms. The topological polar surface area (TPSA) is 52.3 Å². The summed E-state index contributed by atoms with van der Waals surface area (Å²) in [6.07, 6.45) is 0. The first-order valence-electron chi connectivity index (χ1n) is 6.50. The van der Waals surface area contributed by atoms with Crippen LogP contribution in [0.25, 0.3) is 0 Å². The number of carbonyl (C=O) groups is 1. The number of carbonyl (C=O) groups excluding carboxylic acids is 1. The molecule has 0 spiro atoms. The average molecular weight is 291 g/mol. The lowest BCUT2D eigenvalue weighted by Crippen LogP contribution is -2.17. The molecule has 110 valence electrons. The Kier molecular flexibility index (Phi) is 4.52. The molecule has 5 heteroatoms. The summed E-state index contributed by atoms with van der Waals surface area (Å²) in [6.45, 7) is 1.85. The van der Waals surface area contributed by atoms with Gasteiger partial charge in [0.1, 0.15) is 17.6 Å². The van der Waals surface area contributed by atoms with Gasteiger partial charge in [-0.2, -0.15) is 0 Å². The summed E-state index contributed by atoms with van der Waals surface area (Å²) in [5.41, 5.74) is 6.19. The smallest absolute Gasteiger partial charge is 0.317 e. The number of esters is 1. The zero-order chi connectivity index (χ0) is 15.4. The minimum absolute atomic E-state index is 0.0133. The zero-order valence-electron chi connectivity index (χ0n) is 11.5. The van der Waals surface area contributed by atoms with Crippen LogP contribution in [0.5, 0.6) is 0 Å². The van der Waals surface area contributed by atoms with Crippen LogP contribution < -0.4 is 5.73 Å². The quantitative estimate of drug-likeness (QED) is 0.695. The van der Waals surface area contributed by atoms with Crippen LogP contribution in [0.1, 0.15) is 24.0 Å². The second-order valence-electron chi connectivity index (χ2n) is 4.52. The van der Waals surface area contributed by atoms with E-state index >= 15 is 0 Å². The van der Waals surface area contributed by atoms with Gasteiger partial charge in [-0.05, 0) is 42.3 Å². The van der Waals surface area contributed by atoms with Gasteiger partial charge in [0.2, 0.25) is 0 Å². The van der Waals surface area contributed by atoms with E-state index < -0.39 is 23.5 Å². The Morgan fingerprint density at radius 1 is 1.19 bits per heavy atom. The van der Waals surface area contributed by atoms with E-state index in [1.54, 1.807) is 13.0 Å². The van der Waals surface area contributed by atoms with Crippen LogP contribution in [0, 0.1) is 11.6 Å². The van der Waals surface area contributed by atoms with Gasteiger partial charge in [0.25, 0.3) is 0 Å². The maximum Gasteiger partial charge on any atom is 0.317 e. The molecule has 0 saturated heterocycles. The van der Waals surface area contributed by atoms with Crippen molar-refractivity contribution >= 4 is 11.7 Å². The van der Waals surface area contributed by atoms with E-state index in [1.807, 2.05) is 0 Å². The Morgan fingerprint density at radius 3 is 2.52 bits per heavy atom. The fourth-order valence-electron chi connectivity index (χ4n) is 2.10. The van der Waals surface area contributed by atoms with Crippen LogP contribution in [0.4, 0.5) is 14.5 Å². The molecule has 2 N–H and O–H groups in total. The molecule has 0 radical (unpaired) electrons. The molecule has 0 saturated carbocycles. The van der Waals surface area contributed by atoms with E-state index in [0.29, 0.717) is 11.1 Å². The Hall–Kier alpha value is -2.43. The second-order valence-corrected chi connectivity index (χ2v) is 4.52. The van der Waals surface area contributed by atoms with Gasteiger partial charge in [-0.25, -0.2) is 8.78 Å². The van der Waals surface area contributed by atoms with Gasteiger partial charge in [0, 0.05) is 0 Å². The molecule has 0 heterocycles. The minimum Gasteiger partial charge on any atom is -0.465 e. The number of anilines is 1. The first-order chi connectivity index (χ1) is 10.0. The Bertz CT molecular complexity index is 658. The van der Waals surface area contributed by atoms with Gasteiger partial charge in [0.15, 0.2) is 0 Å². The SMILES string of the molecule is CCOC(=O)C(c1cccc(F)c1)c1ccc(N)c(F)c1. The molecule has 1 atom stereocenters. The van der Waals surface area contributed by atoms with Crippen LogP contribution in [0.2, 0.25) is 0 Å². The number of halogens is 2. The van der Waals surface area contributed by atoms with Gasteiger partial charge in [0.05, 0.1) is 12.3 Å². The highest BCUT2D eigenvalue weighted by Crippen LogP contribution is 2.28. The van der Waals surface area contributed by atoms with Crippen LogP contribution in [0.3, 0.4) is 0 Å². The number of rotatable bonds is 4. The van der Waals surface area contributed by atoms with E-state index in [-0.39, 0.29) is 12.3 Å². The van der Waals surface area contributed by atoms with Crippen molar-refractivity contribution in [3.8, 4) is 0 Å². The molecule has 3 nitrogen and oxygen atoms in total. The minimum atomic E-state index is -0.893. The summed E-state index contributed by atoms with van der Waals surface area (Å²) in [7, 11) is 0. The Morgan fingerprint density at radius 2 is 1.90 bits per heavy atom. The van der Waals surface area contributed by atoms with Gasteiger partial charge < -0.3 is 10.5 Å². The first kappa shape index (κ1) is 15.0. The number of ether oxygens (including phenoxy) is 1. The summed E-state index contributed by atoms with van der Waals surface area (Å²) >= 11 is 0. The monoisotopic (exact) mass is 291 g/mol. The molecule has 0 aliphatic heterocycles. The molecule has 0 aliphatic carbocycles. The molecule has 0 fully saturated rings. The zero-order valence-corrected chi connectivity index (χ0v) is 11.5. The number of hydrogen-bond donors (Lipinski definition) is 1. The number of nitrogen functional groups attached to an aromatic ring is 1. The van der Waals surface area contributed by atoms with Crippen molar-refractivity contribution in [2.45, 2.75) is 12.8 Å². The van der Waals surface area contributed by atoms with Crippen molar-refractivity contribution in [2.24, 2.45) is 0 Å². The lowest BCUT2D eigenvalue weighted by molar-refractivity contribution is -0.143. The largest absolute Gasteiger partial charge is 0.465 e. The second kappa shape index (κ2) is 6.35. The third kappa shape index (κ3) is 3.37. The molecule has 0 aliphatic rings. The van der Waals surface area contributed by atoms with Gasteiger partial charge in [-0.15, -0.1) is 0 Å². The normalized spacial score (nSPS) is 12.0. The standard InChI is InChI=1S/C16H15F2NO2/c1-2-21-16(20)15(10-4-3-5-12(17)8-10)11-6-7-14(19)13(18)9-11/h3-9,15H,2,19H2,1H3. The fraction of sp³-hybridized carbons (Fsp3) is 0.188. The van der Waals surface area contributed by atoms with Crippen LogP contribution in [-0.4, -0.2) is 12.6 Å². The molecular formula is C16H15F2NO2. The van der Waals surface area contributed by atoms with E-state index in [4.69, 9.17) is 10.5 Å². The lowest BCUT2D eigenvalue weighted by Gasteiger charge is -2.17. The Balaban J connectivity index is 2.50. The Labute approximate surface area is 121 Å². The molecule has 0 amide bonds. The van der Waals surface area contributed by atoms with Gasteiger partial charge >= 0.3 is 5.97 Å². The van der Waals surface area contributed by atoms with Crippen LogP contribution in [0.15, 0.2) is 42.5 Å². The lowest BCUT2D eigenvalue weighted by atomic mass is 9.91. The molecule has 2 aromatic rings. The van der Waals surface area contributed by atoms with Gasteiger partial charge in [-0.1, -0.05) is 18.2 Å². The van der Waals surface area contributed by atoms with E-state index in [1.165, 1.54) is 36.4 Å². The van der Waals surface area contributed by atoms with E-state index in [0.717, 1.165) is 0 Å². The highest BCUT2D eigenvalue weighted by atomic mass is 19.1. The molecule has 2 aromatic carbocycles. The number of benzene rings is 2. The average Bonchev–Trinajstić information content (AvgIpc) is 2.43. The van der Waals surface area contributed by atoms with Crippen molar-refractivity contribution in [3.05, 3.63) is 65.2 Å². The van der Waals surface area contributed by atoms with Crippen LogP contribution >= 0.6 is 0 Å². The molecule has 1 unspecified atom stereocenters. The van der Waals surface area contributed by atoms with Gasteiger partial charge in [-0.3, -0.25) is 4.79 Å². The third-order valence-electron chi connectivity index (χ3n) is 3.06. The summed E-state index contributed by atoms with van der Waals surface area (Å²) < 4.78 is 32.0. The van der Waals surface area contributed by atoms with E-state index in [2.05, 4.69) is 0 Å². The summed E-state index contributed by atoms with van der Waals surface area (Å²) in [6, 6.07) is 9.66. The van der Waals surface area contributed by atoms with Crippen molar-refractivity contribution < 1.29 is 18.3 Å². The highest BCUT2D eigenvalue weighted by Gasteiger charge is 2.25. The van der Waals surface area contributed by atoms with Crippen molar-refractivity contribution in [2.75, 3.05) is 12.3 Å². The van der Waals surface area contributed by atoms with Crippen molar-refractivity contribution in [3.63, 3.8) is 0 Å². The van der Waals surface area contributed by atoms with Crippen molar-refractivity contribution in [1.82, 2.24) is 0 Å². The number of hydrogen-bond acceptors (Lipinski definition) is 3. The summed E-state index contributed by atoms with van der Waals surface area (Å²) in [4.78, 5) is 12.2. The molecular weight excluding hydrogens is 276 g/mol. The first-order valence-corrected chi connectivity index (χ1v) is 6.50. The van der Waals surface area contributed by atoms with Crippen molar-refractivity contribution in [1.29, 1.82) is 0 Å². The van der Waals surface area contributed by atoms with E-state index in [9.17, 15) is 13.6 Å². The maximum atomic E-state index is 13.6.